The Hall–Kier alpha value is -2.05. The minimum atomic E-state index is -0.597. The summed E-state index contributed by atoms with van der Waals surface area (Å²) in [6.07, 6.45) is -0.597. The van der Waals surface area contributed by atoms with Crippen molar-refractivity contribution in [3.63, 3.8) is 0 Å². The maximum Gasteiger partial charge on any atom is 0.208 e. The zero-order valence-electron chi connectivity index (χ0n) is 14.7. The Morgan fingerprint density at radius 1 is 1.16 bits per heavy atom. The molecule has 6 heteroatoms. The summed E-state index contributed by atoms with van der Waals surface area (Å²) >= 11 is 1.42. The second-order valence-corrected chi connectivity index (χ2v) is 7.96. The van der Waals surface area contributed by atoms with Gasteiger partial charge in [0.1, 0.15) is 18.2 Å². The Balaban J connectivity index is 1.54. The Kier molecular flexibility index (Phi) is 5.30. The maximum absolute atomic E-state index is 10.2. The number of aliphatic hydroxyl groups is 1. The van der Waals surface area contributed by atoms with Gasteiger partial charge in [-0.2, -0.15) is 0 Å². The monoisotopic (exact) mass is 357 g/mol. The molecule has 0 fully saturated rings. The molecule has 1 heterocycles. The van der Waals surface area contributed by atoms with Gasteiger partial charge in [0.05, 0.1) is 6.10 Å². The third-order valence-corrected chi connectivity index (χ3v) is 4.75. The van der Waals surface area contributed by atoms with Gasteiger partial charge in [-0.3, -0.25) is 5.10 Å². The van der Waals surface area contributed by atoms with Gasteiger partial charge in [-0.1, -0.05) is 68.9 Å². The first-order valence-electron chi connectivity index (χ1n) is 8.28. The first-order valence-corrected chi connectivity index (χ1v) is 9.26. The standard InChI is InChI=1S/C19H23N3O2S/c1-19(2,3)17-20-18(22-21-17)25-12-14(23)11-24-16-10-6-8-13-7-4-5-9-15(13)16/h4-10,14,23H,11-12H2,1-3H3,(H,20,21,22). The molecule has 132 valence electrons. The molecule has 25 heavy (non-hydrogen) atoms. The summed E-state index contributed by atoms with van der Waals surface area (Å²) in [5, 5.41) is 20.2. The van der Waals surface area contributed by atoms with Crippen LogP contribution < -0.4 is 4.74 Å². The summed E-state index contributed by atoms with van der Waals surface area (Å²) < 4.78 is 5.82. The molecular weight excluding hydrogens is 334 g/mol. The largest absolute Gasteiger partial charge is 0.490 e. The van der Waals surface area contributed by atoms with E-state index in [-0.39, 0.29) is 12.0 Å². The van der Waals surface area contributed by atoms with Crippen molar-refractivity contribution in [2.45, 2.75) is 37.4 Å². The van der Waals surface area contributed by atoms with Gasteiger partial charge in [-0.05, 0) is 11.5 Å². The van der Waals surface area contributed by atoms with Gasteiger partial charge in [-0.25, -0.2) is 4.98 Å². The van der Waals surface area contributed by atoms with E-state index in [0.717, 1.165) is 22.3 Å². The van der Waals surface area contributed by atoms with Crippen LogP contribution >= 0.6 is 11.8 Å². The summed E-state index contributed by atoms with van der Waals surface area (Å²) in [5.41, 5.74) is -0.0676. The predicted octanol–water partition coefficient (Wildman–Crippen LogP) is 3.79. The maximum atomic E-state index is 10.2. The number of rotatable bonds is 6. The highest BCUT2D eigenvalue weighted by Crippen LogP contribution is 2.26. The lowest BCUT2D eigenvalue weighted by Crippen LogP contribution is -2.20. The number of fused-ring (bicyclic) bond motifs is 1. The molecule has 0 spiro atoms. The molecule has 3 rings (SSSR count). The van der Waals surface area contributed by atoms with Crippen molar-refractivity contribution in [2.24, 2.45) is 0 Å². The molecule has 3 aromatic rings. The summed E-state index contributed by atoms with van der Waals surface area (Å²) in [7, 11) is 0. The summed E-state index contributed by atoms with van der Waals surface area (Å²) in [6.45, 7) is 6.47. The fourth-order valence-electron chi connectivity index (χ4n) is 2.37. The Labute approximate surface area is 151 Å². The number of H-pyrrole nitrogens is 1. The van der Waals surface area contributed by atoms with E-state index >= 15 is 0 Å². The second kappa shape index (κ2) is 7.45. The van der Waals surface area contributed by atoms with Crippen molar-refractivity contribution in [1.82, 2.24) is 15.2 Å². The van der Waals surface area contributed by atoms with E-state index in [2.05, 4.69) is 36.0 Å². The summed E-state index contributed by atoms with van der Waals surface area (Å²) in [6, 6.07) is 14.0. The highest BCUT2D eigenvalue weighted by molar-refractivity contribution is 7.99. The lowest BCUT2D eigenvalue weighted by molar-refractivity contribution is 0.127. The van der Waals surface area contributed by atoms with Gasteiger partial charge in [-0.15, -0.1) is 5.10 Å². The van der Waals surface area contributed by atoms with Crippen LogP contribution in [-0.2, 0) is 5.41 Å². The normalized spacial score (nSPS) is 13.1. The number of nitrogens with one attached hydrogen (secondary N) is 1. The van der Waals surface area contributed by atoms with Gasteiger partial charge >= 0.3 is 0 Å². The third-order valence-electron chi connectivity index (χ3n) is 3.76. The number of aromatic nitrogens is 3. The molecule has 0 amide bonds. The smallest absolute Gasteiger partial charge is 0.208 e. The lowest BCUT2D eigenvalue weighted by atomic mass is 9.96. The number of nitrogens with zero attached hydrogens (tertiary/aromatic N) is 2. The quantitative estimate of drug-likeness (QED) is 0.657. The van der Waals surface area contributed by atoms with Crippen molar-refractivity contribution in [1.29, 1.82) is 0 Å². The van der Waals surface area contributed by atoms with E-state index in [1.807, 2.05) is 42.5 Å². The van der Waals surface area contributed by atoms with Gasteiger partial charge in [0.2, 0.25) is 5.16 Å². The summed E-state index contributed by atoms with van der Waals surface area (Å²) in [5.74, 6) is 2.11. The van der Waals surface area contributed by atoms with Crippen molar-refractivity contribution in [2.75, 3.05) is 12.4 Å². The van der Waals surface area contributed by atoms with Crippen LogP contribution in [0.2, 0.25) is 0 Å². The molecule has 1 unspecified atom stereocenters. The third kappa shape index (κ3) is 4.52. The molecule has 0 aliphatic rings. The van der Waals surface area contributed by atoms with Crippen molar-refractivity contribution in [3.8, 4) is 5.75 Å². The fourth-order valence-corrected chi connectivity index (χ4v) is 3.08. The molecule has 1 atom stereocenters. The van der Waals surface area contributed by atoms with Crippen molar-refractivity contribution in [3.05, 3.63) is 48.3 Å². The highest BCUT2D eigenvalue weighted by Gasteiger charge is 2.19. The molecule has 0 saturated carbocycles. The molecule has 0 radical (unpaired) electrons. The first-order chi connectivity index (χ1) is 11.9. The number of ether oxygens (including phenoxy) is 1. The topological polar surface area (TPSA) is 71.0 Å². The molecule has 0 aliphatic carbocycles. The van der Waals surface area contributed by atoms with Crippen LogP contribution in [0.5, 0.6) is 5.75 Å². The predicted molar refractivity (Wildman–Crippen MR) is 101 cm³/mol. The van der Waals surface area contributed by atoms with Gasteiger partial charge in [0, 0.05) is 16.6 Å². The lowest BCUT2D eigenvalue weighted by Gasteiger charge is -2.13. The van der Waals surface area contributed by atoms with Crippen LogP contribution in [0.3, 0.4) is 0 Å². The minimum Gasteiger partial charge on any atom is -0.490 e. The van der Waals surface area contributed by atoms with Crippen LogP contribution in [0.15, 0.2) is 47.6 Å². The number of hydrogen-bond acceptors (Lipinski definition) is 5. The summed E-state index contributed by atoms with van der Waals surface area (Å²) in [4.78, 5) is 4.46. The zero-order valence-corrected chi connectivity index (χ0v) is 15.5. The molecule has 5 nitrogen and oxygen atoms in total. The number of thioether (sulfide) groups is 1. The highest BCUT2D eigenvalue weighted by atomic mass is 32.2. The van der Waals surface area contributed by atoms with Crippen LogP contribution in [0, 0.1) is 0 Å². The average Bonchev–Trinajstić information content (AvgIpc) is 3.07. The van der Waals surface area contributed by atoms with Gasteiger partial charge in [0.15, 0.2) is 0 Å². The average molecular weight is 357 g/mol. The minimum absolute atomic E-state index is 0.0676. The number of hydrogen-bond donors (Lipinski definition) is 2. The van der Waals surface area contributed by atoms with Crippen molar-refractivity contribution >= 4 is 22.5 Å². The Morgan fingerprint density at radius 3 is 2.68 bits per heavy atom. The number of aromatic amines is 1. The molecule has 0 bridgehead atoms. The second-order valence-electron chi connectivity index (χ2n) is 6.97. The zero-order chi connectivity index (χ0) is 17.9. The molecule has 2 N–H and O–H groups in total. The van der Waals surface area contributed by atoms with Gasteiger partial charge in [0.25, 0.3) is 0 Å². The molecule has 1 aromatic heterocycles. The molecule has 0 saturated heterocycles. The first kappa shape index (κ1) is 17.8. The van der Waals surface area contributed by atoms with E-state index in [1.165, 1.54) is 11.8 Å². The van der Waals surface area contributed by atoms with Crippen LogP contribution in [0.4, 0.5) is 0 Å². The van der Waals surface area contributed by atoms with Crippen molar-refractivity contribution < 1.29 is 9.84 Å². The van der Waals surface area contributed by atoms with E-state index in [1.54, 1.807) is 0 Å². The Bertz CT molecular complexity index is 837. The fraction of sp³-hybridized carbons (Fsp3) is 0.368. The van der Waals surface area contributed by atoms with E-state index < -0.39 is 6.10 Å². The van der Waals surface area contributed by atoms with E-state index in [4.69, 9.17) is 4.74 Å². The van der Waals surface area contributed by atoms with Gasteiger partial charge < -0.3 is 9.84 Å². The van der Waals surface area contributed by atoms with Crippen LogP contribution in [-0.4, -0.2) is 38.8 Å². The van der Waals surface area contributed by atoms with E-state index in [9.17, 15) is 5.11 Å². The van der Waals surface area contributed by atoms with Crippen LogP contribution in [0.1, 0.15) is 26.6 Å². The number of aliphatic hydroxyl groups excluding tert-OH is 1. The molecule has 0 aliphatic heterocycles. The Morgan fingerprint density at radius 2 is 1.92 bits per heavy atom. The SMILES string of the molecule is CC(C)(C)c1nc(SCC(O)COc2cccc3ccccc23)n[nH]1. The van der Waals surface area contributed by atoms with E-state index in [0.29, 0.717) is 10.9 Å². The molecular formula is C19H23N3O2S. The number of benzene rings is 2. The van der Waals surface area contributed by atoms with Crippen LogP contribution in [0.25, 0.3) is 10.8 Å². The molecule has 2 aromatic carbocycles.